The fraction of sp³-hybridized carbons (Fsp3) is 0.474. The minimum Gasteiger partial charge on any atom is -0.368 e. The topological polar surface area (TPSA) is 91.6 Å². The van der Waals surface area contributed by atoms with Gasteiger partial charge in [0.1, 0.15) is 0 Å². The number of pyridine rings is 1. The highest BCUT2D eigenvalue weighted by molar-refractivity contribution is 5.97. The zero-order chi connectivity index (χ0) is 19.0. The van der Waals surface area contributed by atoms with E-state index in [9.17, 15) is 14.9 Å². The van der Waals surface area contributed by atoms with Gasteiger partial charge < -0.3 is 10.2 Å². The third-order valence-electron chi connectivity index (χ3n) is 5.14. The summed E-state index contributed by atoms with van der Waals surface area (Å²) in [7, 11) is 0. The van der Waals surface area contributed by atoms with Crippen LogP contribution in [0.2, 0.25) is 0 Å². The van der Waals surface area contributed by atoms with E-state index in [2.05, 4.69) is 20.1 Å². The van der Waals surface area contributed by atoms with E-state index < -0.39 is 0 Å². The number of benzene rings is 1. The maximum Gasteiger partial charge on any atom is 0.295 e. The van der Waals surface area contributed by atoms with Crippen LogP contribution in [0.25, 0.3) is 10.9 Å². The lowest BCUT2D eigenvalue weighted by Crippen LogP contribution is -2.49. The van der Waals surface area contributed by atoms with Gasteiger partial charge in [-0.25, -0.2) is 4.98 Å². The third kappa shape index (κ3) is 3.85. The van der Waals surface area contributed by atoms with Crippen LogP contribution in [0.4, 0.5) is 11.4 Å². The van der Waals surface area contributed by atoms with Crippen molar-refractivity contribution in [2.24, 2.45) is 0 Å². The number of nitro groups is 1. The molecule has 0 atom stereocenters. The highest BCUT2D eigenvalue weighted by atomic mass is 16.6. The lowest BCUT2D eigenvalue weighted by Gasteiger charge is -2.36. The van der Waals surface area contributed by atoms with Gasteiger partial charge in [0.15, 0.2) is 5.52 Å². The molecule has 1 amide bonds. The van der Waals surface area contributed by atoms with Crippen LogP contribution in [-0.4, -0.2) is 59.5 Å². The lowest BCUT2D eigenvalue weighted by molar-refractivity contribution is -0.383. The number of carbonyl (C=O) groups excluding carboxylic acids is 1. The molecular formula is C19H23N5O3. The molecule has 2 aromatic rings. The van der Waals surface area contributed by atoms with Crippen molar-refractivity contribution in [3.05, 3.63) is 40.1 Å². The zero-order valence-electron chi connectivity index (χ0n) is 15.4. The second kappa shape index (κ2) is 7.11. The van der Waals surface area contributed by atoms with Gasteiger partial charge in [-0.3, -0.25) is 19.8 Å². The molecule has 1 aromatic carbocycles. The van der Waals surface area contributed by atoms with Crippen molar-refractivity contribution in [2.45, 2.75) is 25.8 Å². The van der Waals surface area contributed by atoms with E-state index in [1.165, 1.54) is 6.07 Å². The van der Waals surface area contributed by atoms with Gasteiger partial charge in [0.05, 0.1) is 11.5 Å². The van der Waals surface area contributed by atoms with Crippen molar-refractivity contribution in [1.82, 2.24) is 15.2 Å². The number of nitro benzene ring substituents is 1. The normalized spacial score (nSPS) is 17.9. The Kier molecular flexibility index (Phi) is 4.65. The Balaban J connectivity index is 1.51. The van der Waals surface area contributed by atoms with E-state index in [4.69, 9.17) is 0 Å². The molecule has 2 fully saturated rings. The number of piperazine rings is 1. The summed E-state index contributed by atoms with van der Waals surface area (Å²) in [4.78, 5) is 31.8. The molecule has 4 rings (SSSR count). The van der Waals surface area contributed by atoms with E-state index in [1.807, 2.05) is 19.1 Å². The number of fused-ring (bicyclic) bond motifs is 1. The third-order valence-corrected chi connectivity index (χ3v) is 5.14. The van der Waals surface area contributed by atoms with Gasteiger partial charge in [0.25, 0.3) is 5.69 Å². The summed E-state index contributed by atoms with van der Waals surface area (Å²) < 4.78 is 0. The monoisotopic (exact) mass is 369 g/mol. The Morgan fingerprint density at radius 1 is 1.30 bits per heavy atom. The molecule has 0 radical (unpaired) electrons. The molecule has 27 heavy (non-hydrogen) atoms. The number of rotatable bonds is 5. The SMILES string of the molecule is Cc1cc(N2CCN(CC(=O)NC3CC3)CC2)c2cccc([N+](=O)[O-])c2n1. The summed E-state index contributed by atoms with van der Waals surface area (Å²) in [5, 5.41) is 15.2. The second-order valence-electron chi connectivity index (χ2n) is 7.32. The van der Waals surface area contributed by atoms with Crippen molar-refractivity contribution in [1.29, 1.82) is 0 Å². The van der Waals surface area contributed by atoms with Crippen molar-refractivity contribution in [3.8, 4) is 0 Å². The van der Waals surface area contributed by atoms with Crippen LogP contribution in [0.15, 0.2) is 24.3 Å². The van der Waals surface area contributed by atoms with E-state index in [-0.39, 0.29) is 16.5 Å². The van der Waals surface area contributed by atoms with Gasteiger partial charge >= 0.3 is 0 Å². The first-order valence-electron chi connectivity index (χ1n) is 9.32. The summed E-state index contributed by atoms with van der Waals surface area (Å²) in [5.74, 6) is 0.104. The number of non-ortho nitro benzene ring substituents is 1. The molecule has 1 aliphatic heterocycles. The van der Waals surface area contributed by atoms with Crippen LogP contribution in [0, 0.1) is 17.0 Å². The number of aryl methyl sites for hydroxylation is 1. The molecule has 0 unspecified atom stereocenters. The van der Waals surface area contributed by atoms with Crippen molar-refractivity contribution >= 4 is 28.2 Å². The molecular weight excluding hydrogens is 346 g/mol. The van der Waals surface area contributed by atoms with Gasteiger partial charge in [-0.1, -0.05) is 12.1 Å². The van der Waals surface area contributed by atoms with Crippen LogP contribution in [0.1, 0.15) is 18.5 Å². The minimum atomic E-state index is -0.380. The standard InChI is InChI=1S/C19H23N5O3/c1-13-11-17(15-3-2-4-16(24(26)27)19(15)20-13)23-9-7-22(8-10-23)12-18(25)21-14-5-6-14/h2-4,11,14H,5-10,12H2,1H3,(H,21,25). The smallest absolute Gasteiger partial charge is 0.295 e. The van der Waals surface area contributed by atoms with Crippen LogP contribution in [-0.2, 0) is 4.79 Å². The molecule has 1 aliphatic carbocycles. The summed E-state index contributed by atoms with van der Waals surface area (Å²) in [6.07, 6.45) is 2.19. The molecule has 1 N–H and O–H groups in total. The number of anilines is 1. The maximum absolute atomic E-state index is 12.0. The molecule has 8 nitrogen and oxygen atoms in total. The second-order valence-corrected chi connectivity index (χ2v) is 7.32. The van der Waals surface area contributed by atoms with E-state index in [1.54, 1.807) is 6.07 Å². The fourth-order valence-corrected chi connectivity index (χ4v) is 3.60. The number of aromatic nitrogens is 1. The predicted octanol–water partition coefficient (Wildman–Crippen LogP) is 1.85. The number of carbonyl (C=O) groups is 1. The molecule has 8 heteroatoms. The van der Waals surface area contributed by atoms with Gasteiger partial charge in [-0.15, -0.1) is 0 Å². The highest BCUT2D eigenvalue weighted by Crippen LogP contribution is 2.32. The first kappa shape index (κ1) is 17.7. The Morgan fingerprint density at radius 2 is 2.04 bits per heavy atom. The largest absolute Gasteiger partial charge is 0.368 e. The van der Waals surface area contributed by atoms with E-state index in [0.717, 1.165) is 55.8 Å². The molecule has 2 aliphatic rings. The summed E-state index contributed by atoms with van der Waals surface area (Å²) in [6.45, 7) is 5.42. The number of nitrogens with one attached hydrogen (secondary N) is 1. The Bertz CT molecular complexity index is 888. The molecule has 1 aromatic heterocycles. The highest BCUT2D eigenvalue weighted by Gasteiger charge is 2.26. The molecule has 1 saturated carbocycles. The van der Waals surface area contributed by atoms with Gasteiger partial charge in [-0.05, 0) is 25.8 Å². The first-order valence-corrected chi connectivity index (χ1v) is 9.32. The molecule has 142 valence electrons. The quantitative estimate of drug-likeness (QED) is 0.639. The molecule has 1 saturated heterocycles. The predicted molar refractivity (Wildman–Crippen MR) is 103 cm³/mol. The number of para-hydroxylation sites is 1. The maximum atomic E-state index is 12.0. The number of nitrogens with zero attached hydrogens (tertiary/aromatic N) is 4. The average Bonchev–Trinajstić information content (AvgIpc) is 3.45. The van der Waals surface area contributed by atoms with Crippen LogP contribution < -0.4 is 10.2 Å². The molecule has 2 heterocycles. The van der Waals surface area contributed by atoms with Crippen molar-refractivity contribution in [2.75, 3.05) is 37.6 Å². The summed E-state index contributed by atoms with van der Waals surface area (Å²) in [5.41, 5.74) is 2.21. The van der Waals surface area contributed by atoms with Gasteiger partial charge in [0.2, 0.25) is 5.91 Å². The van der Waals surface area contributed by atoms with E-state index in [0.29, 0.717) is 18.1 Å². The molecule has 0 bridgehead atoms. The Hall–Kier alpha value is -2.74. The fourth-order valence-electron chi connectivity index (χ4n) is 3.60. The van der Waals surface area contributed by atoms with Gasteiger partial charge in [0, 0.05) is 55.1 Å². The Labute approximate surface area is 157 Å². The lowest BCUT2D eigenvalue weighted by atomic mass is 10.1. The minimum absolute atomic E-state index is 0.0350. The van der Waals surface area contributed by atoms with Gasteiger partial charge in [-0.2, -0.15) is 0 Å². The van der Waals surface area contributed by atoms with E-state index >= 15 is 0 Å². The number of hydrogen-bond donors (Lipinski definition) is 1. The number of amides is 1. The zero-order valence-corrected chi connectivity index (χ0v) is 15.4. The average molecular weight is 369 g/mol. The Morgan fingerprint density at radius 3 is 2.70 bits per heavy atom. The van der Waals surface area contributed by atoms with Crippen molar-refractivity contribution < 1.29 is 9.72 Å². The van der Waals surface area contributed by atoms with Crippen LogP contribution >= 0.6 is 0 Å². The van der Waals surface area contributed by atoms with Crippen molar-refractivity contribution in [3.63, 3.8) is 0 Å². The first-order chi connectivity index (χ1) is 13.0. The summed E-state index contributed by atoms with van der Waals surface area (Å²) >= 11 is 0. The summed E-state index contributed by atoms with van der Waals surface area (Å²) in [6, 6.07) is 7.47. The van der Waals surface area contributed by atoms with Crippen LogP contribution in [0.3, 0.4) is 0 Å². The number of hydrogen-bond acceptors (Lipinski definition) is 6. The molecule has 0 spiro atoms. The van der Waals surface area contributed by atoms with Crippen LogP contribution in [0.5, 0.6) is 0 Å².